The average molecular weight is 264 g/mol. The van der Waals surface area contributed by atoms with Gasteiger partial charge in [-0.25, -0.2) is 9.78 Å². The first-order chi connectivity index (χ1) is 6.29. The van der Waals surface area contributed by atoms with E-state index in [4.69, 9.17) is 4.74 Å². The van der Waals surface area contributed by atoms with Crippen molar-refractivity contribution in [1.82, 2.24) is 4.98 Å². The summed E-state index contributed by atoms with van der Waals surface area (Å²) >= 11 is 4.81. The number of nitrogens with zero attached hydrogens (tertiary/aromatic N) is 1. The maximum atomic E-state index is 11.3. The summed E-state index contributed by atoms with van der Waals surface area (Å²) in [5.41, 5.74) is 2.14. The topological polar surface area (TPSA) is 39.2 Å². The van der Waals surface area contributed by atoms with Crippen molar-refractivity contribution in [1.29, 1.82) is 0 Å². The maximum absolute atomic E-state index is 11.3. The van der Waals surface area contributed by atoms with E-state index in [1.165, 1.54) is 11.3 Å². The molecule has 0 N–H and O–H groups in total. The highest BCUT2D eigenvalue weighted by molar-refractivity contribution is 9.09. The van der Waals surface area contributed by atoms with Gasteiger partial charge in [-0.1, -0.05) is 15.9 Å². The van der Waals surface area contributed by atoms with Gasteiger partial charge in [0.15, 0.2) is 5.69 Å². The minimum Gasteiger partial charge on any atom is -0.461 e. The molecule has 1 rings (SSSR count). The maximum Gasteiger partial charge on any atom is 0.358 e. The van der Waals surface area contributed by atoms with Gasteiger partial charge in [-0.15, -0.1) is 11.3 Å². The van der Waals surface area contributed by atoms with E-state index in [1.54, 1.807) is 12.4 Å². The Morgan fingerprint density at radius 2 is 2.54 bits per heavy atom. The number of esters is 1. The molecule has 0 amide bonds. The van der Waals surface area contributed by atoms with Crippen molar-refractivity contribution in [2.75, 3.05) is 11.9 Å². The Morgan fingerprint density at radius 1 is 1.77 bits per heavy atom. The normalized spacial score (nSPS) is 10.0. The van der Waals surface area contributed by atoms with E-state index in [0.29, 0.717) is 12.3 Å². The number of carbonyl (C=O) groups excluding carboxylic acids is 1. The van der Waals surface area contributed by atoms with Gasteiger partial charge in [0.05, 0.1) is 12.1 Å². The smallest absolute Gasteiger partial charge is 0.358 e. The number of alkyl halides is 1. The zero-order valence-corrected chi connectivity index (χ0v) is 9.65. The first-order valence-electron chi connectivity index (χ1n) is 3.95. The Kier molecular flexibility index (Phi) is 4.38. The van der Waals surface area contributed by atoms with Crippen LogP contribution in [-0.2, 0) is 11.2 Å². The van der Waals surface area contributed by atoms with Crippen LogP contribution >= 0.6 is 27.3 Å². The third-order valence-electron chi connectivity index (χ3n) is 1.43. The highest BCUT2D eigenvalue weighted by Crippen LogP contribution is 2.15. The van der Waals surface area contributed by atoms with Crippen LogP contribution < -0.4 is 0 Å². The van der Waals surface area contributed by atoms with Gasteiger partial charge in [-0.05, 0) is 13.3 Å². The van der Waals surface area contributed by atoms with Gasteiger partial charge < -0.3 is 4.74 Å². The molecular weight excluding hydrogens is 254 g/mol. The molecule has 0 aliphatic heterocycles. The third kappa shape index (κ3) is 2.77. The zero-order chi connectivity index (χ0) is 9.68. The Morgan fingerprint density at radius 3 is 3.15 bits per heavy atom. The molecule has 0 spiro atoms. The summed E-state index contributed by atoms with van der Waals surface area (Å²) in [4.78, 5) is 16.3. The average Bonchev–Trinajstić information content (AvgIpc) is 2.54. The number of thiazole rings is 1. The van der Waals surface area contributed by atoms with Crippen LogP contribution in [-0.4, -0.2) is 22.9 Å². The van der Waals surface area contributed by atoms with Crippen molar-refractivity contribution in [2.24, 2.45) is 0 Å². The van der Waals surface area contributed by atoms with Crippen LogP contribution in [0.3, 0.4) is 0 Å². The van der Waals surface area contributed by atoms with Crippen molar-refractivity contribution < 1.29 is 9.53 Å². The van der Waals surface area contributed by atoms with Gasteiger partial charge in [0, 0.05) is 10.2 Å². The minimum atomic E-state index is -0.320. The van der Waals surface area contributed by atoms with E-state index in [9.17, 15) is 4.79 Å². The Bertz CT molecular complexity index is 287. The summed E-state index contributed by atoms with van der Waals surface area (Å²) in [6.07, 6.45) is 0.818. The molecule has 0 atom stereocenters. The van der Waals surface area contributed by atoms with Crippen LogP contribution in [0.15, 0.2) is 5.51 Å². The van der Waals surface area contributed by atoms with Crippen molar-refractivity contribution >= 4 is 33.2 Å². The summed E-state index contributed by atoms with van der Waals surface area (Å²) in [6, 6.07) is 0. The lowest BCUT2D eigenvalue weighted by Crippen LogP contribution is -2.07. The lowest BCUT2D eigenvalue weighted by atomic mass is 10.3. The zero-order valence-electron chi connectivity index (χ0n) is 7.25. The molecule has 5 heteroatoms. The summed E-state index contributed by atoms with van der Waals surface area (Å²) in [7, 11) is 0. The number of rotatable bonds is 4. The fourth-order valence-electron chi connectivity index (χ4n) is 0.900. The first-order valence-corrected chi connectivity index (χ1v) is 5.95. The van der Waals surface area contributed by atoms with Crippen molar-refractivity contribution in [3.63, 3.8) is 0 Å². The SMILES string of the molecule is CCOC(=O)c1ncsc1CCBr. The number of aryl methyl sites for hydroxylation is 1. The Hall–Kier alpha value is -0.420. The van der Waals surface area contributed by atoms with Gasteiger partial charge in [0.1, 0.15) is 0 Å². The number of hydrogen-bond acceptors (Lipinski definition) is 4. The van der Waals surface area contributed by atoms with Crippen LogP contribution in [0.4, 0.5) is 0 Å². The molecule has 0 aliphatic carbocycles. The second kappa shape index (κ2) is 5.34. The Labute approximate surface area is 89.3 Å². The molecule has 0 bridgehead atoms. The van der Waals surface area contributed by atoms with E-state index in [0.717, 1.165) is 16.6 Å². The van der Waals surface area contributed by atoms with Gasteiger partial charge in [0.2, 0.25) is 0 Å². The van der Waals surface area contributed by atoms with Crippen LogP contribution in [0.5, 0.6) is 0 Å². The molecule has 1 aromatic heterocycles. The number of ether oxygens (including phenoxy) is 1. The third-order valence-corrected chi connectivity index (χ3v) is 2.72. The molecule has 0 saturated carbocycles. The van der Waals surface area contributed by atoms with Crippen LogP contribution in [0, 0.1) is 0 Å². The van der Waals surface area contributed by atoms with Crippen LogP contribution in [0.25, 0.3) is 0 Å². The highest BCUT2D eigenvalue weighted by atomic mass is 79.9. The molecule has 13 heavy (non-hydrogen) atoms. The fourth-order valence-corrected chi connectivity index (χ4v) is 2.31. The first kappa shape index (κ1) is 10.7. The summed E-state index contributed by atoms with van der Waals surface area (Å²) in [5, 5.41) is 0.835. The second-order valence-electron chi connectivity index (χ2n) is 2.28. The van der Waals surface area contributed by atoms with E-state index >= 15 is 0 Å². The van der Waals surface area contributed by atoms with Crippen LogP contribution in [0.2, 0.25) is 0 Å². The van der Waals surface area contributed by atoms with E-state index in [2.05, 4.69) is 20.9 Å². The predicted octanol–water partition coefficient (Wildman–Crippen LogP) is 2.26. The van der Waals surface area contributed by atoms with E-state index in [1.807, 2.05) is 0 Å². The van der Waals surface area contributed by atoms with Crippen molar-refractivity contribution in [3.8, 4) is 0 Å². The standard InChI is InChI=1S/C8H10BrNO2S/c1-2-12-8(11)7-6(3-4-9)13-5-10-7/h5H,2-4H2,1H3. The summed E-state index contributed by atoms with van der Waals surface area (Å²) in [6.45, 7) is 2.18. The predicted molar refractivity (Wildman–Crippen MR) is 55.6 cm³/mol. The van der Waals surface area contributed by atoms with Gasteiger partial charge in [-0.3, -0.25) is 0 Å². The number of aromatic nitrogens is 1. The monoisotopic (exact) mass is 263 g/mol. The lowest BCUT2D eigenvalue weighted by Gasteiger charge is -1.99. The molecule has 0 radical (unpaired) electrons. The molecule has 0 fully saturated rings. The van der Waals surface area contributed by atoms with Crippen molar-refractivity contribution in [2.45, 2.75) is 13.3 Å². The molecular formula is C8H10BrNO2S. The number of carbonyl (C=O) groups is 1. The molecule has 0 saturated heterocycles. The minimum absolute atomic E-state index is 0.320. The molecule has 1 heterocycles. The van der Waals surface area contributed by atoms with Gasteiger partial charge in [-0.2, -0.15) is 0 Å². The molecule has 3 nitrogen and oxygen atoms in total. The molecule has 0 aromatic carbocycles. The summed E-state index contributed by atoms with van der Waals surface area (Å²) in [5.74, 6) is -0.320. The van der Waals surface area contributed by atoms with E-state index in [-0.39, 0.29) is 5.97 Å². The van der Waals surface area contributed by atoms with Gasteiger partial charge >= 0.3 is 5.97 Å². The van der Waals surface area contributed by atoms with Crippen LogP contribution in [0.1, 0.15) is 22.3 Å². The molecule has 0 aliphatic rings. The molecule has 0 unspecified atom stereocenters. The lowest BCUT2D eigenvalue weighted by molar-refractivity contribution is 0.0519. The summed E-state index contributed by atoms with van der Waals surface area (Å²) < 4.78 is 4.86. The quantitative estimate of drug-likeness (QED) is 0.618. The molecule has 72 valence electrons. The second-order valence-corrected chi connectivity index (χ2v) is 4.02. The number of halogens is 1. The van der Waals surface area contributed by atoms with Crippen molar-refractivity contribution in [3.05, 3.63) is 16.1 Å². The van der Waals surface area contributed by atoms with Gasteiger partial charge in [0.25, 0.3) is 0 Å². The largest absolute Gasteiger partial charge is 0.461 e. The van der Waals surface area contributed by atoms with E-state index < -0.39 is 0 Å². The Balaban J connectivity index is 2.74. The highest BCUT2D eigenvalue weighted by Gasteiger charge is 2.14. The fraction of sp³-hybridized carbons (Fsp3) is 0.500. The molecule has 1 aromatic rings. The number of hydrogen-bond donors (Lipinski definition) is 0.